The number of primary sulfonamides is 1. The van der Waals surface area contributed by atoms with Crippen molar-refractivity contribution < 1.29 is 8.42 Å². The molecule has 8 heteroatoms. The van der Waals surface area contributed by atoms with Crippen molar-refractivity contribution in [2.45, 2.75) is 31.2 Å². The predicted octanol–water partition coefficient (Wildman–Crippen LogP) is 2.64. The highest BCUT2D eigenvalue weighted by Gasteiger charge is 2.06. The van der Waals surface area contributed by atoms with E-state index in [2.05, 4.69) is 39.9 Å². The summed E-state index contributed by atoms with van der Waals surface area (Å²) in [6, 6.07) is 16.8. The third kappa shape index (κ3) is 8.72. The highest BCUT2D eigenvalue weighted by molar-refractivity contribution is 14.0. The van der Waals surface area contributed by atoms with Crippen LogP contribution in [0.15, 0.2) is 64.5 Å². The molecule has 0 aliphatic carbocycles. The highest BCUT2D eigenvalue weighted by Crippen LogP contribution is 2.09. The Morgan fingerprint density at radius 2 is 1.67 bits per heavy atom. The number of aliphatic imine (C=N–C) groups is 1. The maximum atomic E-state index is 11.3. The van der Waals surface area contributed by atoms with Gasteiger partial charge in [0.15, 0.2) is 5.96 Å². The minimum absolute atomic E-state index is 0. The molecule has 0 atom stereocenters. The summed E-state index contributed by atoms with van der Waals surface area (Å²) in [5.41, 5.74) is 2.24. The number of hydrogen-bond acceptors (Lipinski definition) is 3. The molecule has 2 aromatic carbocycles. The van der Waals surface area contributed by atoms with Crippen molar-refractivity contribution in [2.24, 2.45) is 10.1 Å². The summed E-state index contributed by atoms with van der Waals surface area (Å²) in [6.45, 7) is 4.07. The first-order chi connectivity index (χ1) is 12.5. The van der Waals surface area contributed by atoms with E-state index in [4.69, 9.17) is 5.14 Å². The maximum absolute atomic E-state index is 11.3. The van der Waals surface area contributed by atoms with E-state index in [-0.39, 0.29) is 28.9 Å². The summed E-state index contributed by atoms with van der Waals surface area (Å²) in [6.07, 6.45) is 2.03. The number of guanidine groups is 1. The number of aryl methyl sites for hydroxylation is 1. The van der Waals surface area contributed by atoms with Crippen molar-refractivity contribution in [3.8, 4) is 0 Å². The van der Waals surface area contributed by atoms with Gasteiger partial charge in [0.25, 0.3) is 0 Å². The molecule has 0 radical (unpaired) electrons. The molecule has 6 nitrogen and oxygen atoms in total. The minimum atomic E-state index is -3.66. The molecular weight excluding hydrogens is 475 g/mol. The fourth-order valence-electron chi connectivity index (χ4n) is 2.44. The first-order valence-corrected chi connectivity index (χ1v) is 10.2. The number of nitrogens with two attached hydrogens (primary N) is 1. The number of nitrogens with one attached hydrogen (secondary N) is 2. The van der Waals surface area contributed by atoms with Gasteiger partial charge in [-0.25, -0.2) is 18.5 Å². The third-order valence-electron chi connectivity index (χ3n) is 3.79. The minimum Gasteiger partial charge on any atom is -0.357 e. The molecule has 0 amide bonds. The topological polar surface area (TPSA) is 96.6 Å². The van der Waals surface area contributed by atoms with Gasteiger partial charge in [0.1, 0.15) is 0 Å². The molecule has 148 valence electrons. The molecule has 0 aliphatic heterocycles. The van der Waals surface area contributed by atoms with Gasteiger partial charge in [0.2, 0.25) is 10.0 Å². The van der Waals surface area contributed by atoms with Crippen LogP contribution in [0.5, 0.6) is 0 Å². The SMILES string of the molecule is CCNC(=NCc1ccc(S(N)(=O)=O)cc1)NCCCc1ccccc1.I. The van der Waals surface area contributed by atoms with Crippen molar-refractivity contribution in [3.63, 3.8) is 0 Å². The Morgan fingerprint density at radius 3 is 2.26 bits per heavy atom. The second kappa shape index (κ2) is 11.9. The normalized spacial score (nSPS) is 11.6. The molecular formula is C19H27IN4O2S. The van der Waals surface area contributed by atoms with Gasteiger partial charge in [-0.3, -0.25) is 0 Å². The van der Waals surface area contributed by atoms with Gasteiger partial charge in [0.05, 0.1) is 11.4 Å². The van der Waals surface area contributed by atoms with E-state index in [9.17, 15) is 8.42 Å². The Morgan fingerprint density at radius 1 is 1.00 bits per heavy atom. The van der Waals surface area contributed by atoms with Gasteiger partial charge in [-0.2, -0.15) is 0 Å². The van der Waals surface area contributed by atoms with Crippen LogP contribution in [0.3, 0.4) is 0 Å². The fourth-order valence-corrected chi connectivity index (χ4v) is 2.96. The summed E-state index contributed by atoms with van der Waals surface area (Å²) in [4.78, 5) is 4.64. The average Bonchev–Trinajstić information content (AvgIpc) is 2.63. The molecule has 0 saturated carbocycles. The van der Waals surface area contributed by atoms with Crippen LogP contribution in [0.2, 0.25) is 0 Å². The lowest BCUT2D eigenvalue weighted by Crippen LogP contribution is -2.37. The van der Waals surface area contributed by atoms with E-state index in [1.165, 1.54) is 17.7 Å². The Bertz CT molecular complexity index is 809. The van der Waals surface area contributed by atoms with Crippen LogP contribution in [-0.2, 0) is 23.0 Å². The summed E-state index contributed by atoms with van der Waals surface area (Å²) in [5, 5.41) is 11.6. The molecule has 0 saturated heterocycles. The van der Waals surface area contributed by atoms with E-state index in [1.54, 1.807) is 12.1 Å². The van der Waals surface area contributed by atoms with Crippen molar-refractivity contribution >= 4 is 40.0 Å². The lowest BCUT2D eigenvalue weighted by Gasteiger charge is -2.11. The van der Waals surface area contributed by atoms with Gasteiger partial charge >= 0.3 is 0 Å². The first kappa shape index (κ1) is 23.4. The van der Waals surface area contributed by atoms with Crippen LogP contribution in [-0.4, -0.2) is 27.5 Å². The molecule has 0 heterocycles. The molecule has 0 aliphatic rings. The maximum Gasteiger partial charge on any atom is 0.238 e. The van der Waals surface area contributed by atoms with E-state index in [0.29, 0.717) is 6.54 Å². The van der Waals surface area contributed by atoms with E-state index >= 15 is 0 Å². The number of hydrogen-bond donors (Lipinski definition) is 3. The molecule has 4 N–H and O–H groups in total. The second-order valence-electron chi connectivity index (χ2n) is 5.90. The Balaban J connectivity index is 0.00000364. The highest BCUT2D eigenvalue weighted by atomic mass is 127. The number of sulfonamides is 1. The van der Waals surface area contributed by atoms with Crippen LogP contribution in [0.4, 0.5) is 0 Å². The average molecular weight is 502 g/mol. The quantitative estimate of drug-likeness (QED) is 0.224. The van der Waals surface area contributed by atoms with Crippen molar-refractivity contribution in [1.82, 2.24) is 10.6 Å². The Kier molecular flexibility index (Phi) is 10.3. The van der Waals surface area contributed by atoms with E-state index < -0.39 is 10.0 Å². The van der Waals surface area contributed by atoms with Crippen LogP contribution >= 0.6 is 24.0 Å². The van der Waals surface area contributed by atoms with Gasteiger partial charge < -0.3 is 10.6 Å². The van der Waals surface area contributed by atoms with Crippen LogP contribution in [0.25, 0.3) is 0 Å². The molecule has 0 spiro atoms. The molecule has 2 rings (SSSR count). The number of nitrogens with zero attached hydrogens (tertiary/aromatic N) is 1. The number of rotatable bonds is 8. The van der Waals surface area contributed by atoms with Crippen LogP contribution < -0.4 is 15.8 Å². The zero-order chi connectivity index (χ0) is 18.8. The Hall–Kier alpha value is -1.65. The van der Waals surface area contributed by atoms with Crippen LogP contribution in [0, 0.1) is 0 Å². The Labute approximate surface area is 178 Å². The molecule has 0 aromatic heterocycles. The zero-order valence-electron chi connectivity index (χ0n) is 15.4. The molecule has 27 heavy (non-hydrogen) atoms. The lowest BCUT2D eigenvalue weighted by atomic mass is 10.1. The van der Waals surface area contributed by atoms with Crippen molar-refractivity contribution in [3.05, 3.63) is 65.7 Å². The summed E-state index contributed by atoms with van der Waals surface area (Å²) < 4.78 is 22.5. The van der Waals surface area contributed by atoms with E-state index in [1.807, 2.05) is 13.0 Å². The predicted molar refractivity (Wildman–Crippen MR) is 121 cm³/mol. The third-order valence-corrected chi connectivity index (χ3v) is 4.72. The van der Waals surface area contributed by atoms with Crippen molar-refractivity contribution in [1.29, 1.82) is 0 Å². The van der Waals surface area contributed by atoms with Gasteiger partial charge in [-0.15, -0.1) is 24.0 Å². The monoisotopic (exact) mass is 502 g/mol. The van der Waals surface area contributed by atoms with Gasteiger partial charge in [-0.05, 0) is 43.0 Å². The summed E-state index contributed by atoms with van der Waals surface area (Å²) >= 11 is 0. The molecule has 0 fully saturated rings. The standard InChI is InChI=1S/C19H26N4O2S.HI/c1-2-21-19(22-14-6-9-16-7-4-3-5-8-16)23-15-17-10-12-18(13-11-17)26(20,24)25;/h3-5,7-8,10-13H,2,6,9,14-15H2,1H3,(H2,20,24,25)(H2,21,22,23);1H. The summed E-state index contributed by atoms with van der Waals surface area (Å²) in [5.74, 6) is 0.746. The number of halogens is 1. The van der Waals surface area contributed by atoms with Crippen LogP contribution in [0.1, 0.15) is 24.5 Å². The van der Waals surface area contributed by atoms with E-state index in [0.717, 1.165) is 37.5 Å². The van der Waals surface area contributed by atoms with Gasteiger partial charge in [-0.1, -0.05) is 42.5 Å². The smallest absolute Gasteiger partial charge is 0.238 e. The van der Waals surface area contributed by atoms with Gasteiger partial charge in [0, 0.05) is 13.1 Å². The summed E-state index contributed by atoms with van der Waals surface area (Å²) in [7, 11) is -3.66. The lowest BCUT2D eigenvalue weighted by molar-refractivity contribution is 0.598. The molecule has 0 unspecified atom stereocenters. The fraction of sp³-hybridized carbons (Fsp3) is 0.316. The van der Waals surface area contributed by atoms with Crippen molar-refractivity contribution in [2.75, 3.05) is 13.1 Å². The zero-order valence-corrected chi connectivity index (χ0v) is 18.5. The molecule has 2 aromatic rings. The largest absolute Gasteiger partial charge is 0.357 e. The molecule has 0 bridgehead atoms. The number of benzene rings is 2. The second-order valence-corrected chi connectivity index (χ2v) is 7.46. The first-order valence-electron chi connectivity index (χ1n) is 8.67.